The molecular weight excluding hydrogens is 344 g/mol. The topological polar surface area (TPSA) is 158 Å². The number of carboxylic acid groups (broad SMARTS) is 2. The molecule has 0 unspecified atom stereocenters. The smallest absolute Gasteiger partial charge is 0.322 e. The number of amides is 2. The quantitative estimate of drug-likeness (QED) is 0.388. The molecule has 4 N–H and O–H groups in total. The van der Waals surface area contributed by atoms with E-state index in [0.717, 1.165) is 0 Å². The first-order chi connectivity index (χ1) is 12.4. The molecule has 0 fully saturated rings. The molecule has 26 heavy (non-hydrogen) atoms. The summed E-state index contributed by atoms with van der Waals surface area (Å²) in [6, 6.07) is 6.96. The molecule has 0 aliphatic heterocycles. The Labute approximate surface area is 148 Å². The van der Waals surface area contributed by atoms with Gasteiger partial charge in [-0.2, -0.15) is 0 Å². The normalized spacial score (nSPS) is 10.8. The Kier molecular flexibility index (Phi) is 8.73. The van der Waals surface area contributed by atoms with Gasteiger partial charge in [-0.05, 0) is 0 Å². The number of aliphatic carboxylic acids is 2. The molecule has 1 rings (SSSR count). The van der Waals surface area contributed by atoms with Crippen LogP contribution in [0.15, 0.2) is 34.3 Å². The summed E-state index contributed by atoms with van der Waals surface area (Å²) >= 11 is 0. The summed E-state index contributed by atoms with van der Waals surface area (Å²) < 4.78 is 0. The molecule has 0 radical (unpaired) electrons. The van der Waals surface area contributed by atoms with E-state index < -0.39 is 36.8 Å². The minimum atomic E-state index is -1.14. The second-order valence-electron chi connectivity index (χ2n) is 4.91. The first kappa shape index (κ1) is 20.5. The lowest BCUT2D eigenvalue weighted by Crippen LogP contribution is -2.31. The van der Waals surface area contributed by atoms with Crippen molar-refractivity contribution in [1.82, 2.24) is 10.6 Å². The van der Waals surface area contributed by atoms with Crippen molar-refractivity contribution in [3.63, 3.8) is 0 Å². The van der Waals surface area contributed by atoms with Gasteiger partial charge in [0.05, 0.1) is 0 Å². The fourth-order valence-corrected chi connectivity index (χ4v) is 1.66. The molecule has 1 aromatic carbocycles. The number of benzene rings is 1. The van der Waals surface area contributed by atoms with Crippen LogP contribution in [0.25, 0.3) is 0 Å². The van der Waals surface area contributed by atoms with Crippen molar-refractivity contribution >= 4 is 36.2 Å². The third-order valence-corrected chi connectivity index (χ3v) is 2.80. The van der Waals surface area contributed by atoms with Crippen LogP contribution in [0.4, 0.5) is 0 Å². The van der Waals surface area contributed by atoms with Crippen LogP contribution in [0.5, 0.6) is 0 Å². The predicted octanol–water partition coefficient (Wildman–Crippen LogP) is -1.07. The fourth-order valence-electron chi connectivity index (χ4n) is 1.66. The van der Waals surface area contributed by atoms with Crippen molar-refractivity contribution in [2.24, 2.45) is 9.98 Å². The number of nitrogens with one attached hydrogen (secondary N) is 2. The number of carboxylic acids is 2. The third-order valence-electron chi connectivity index (χ3n) is 2.80. The third kappa shape index (κ3) is 8.91. The van der Waals surface area contributed by atoms with Crippen LogP contribution in [0, 0.1) is 0 Å². The number of carbonyl (C=O) groups excluding carboxylic acids is 2. The molecule has 1 aromatic rings. The highest BCUT2D eigenvalue weighted by Crippen LogP contribution is 2.03. The van der Waals surface area contributed by atoms with Gasteiger partial charge >= 0.3 is 11.9 Å². The van der Waals surface area contributed by atoms with E-state index in [1.165, 1.54) is 12.4 Å². The van der Waals surface area contributed by atoms with E-state index >= 15 is 0 Å². The van der Waals surface area contributed by atoms with Gasteiger partial charge in [-0.25, -0.2) is 0 Å². The molecule has 0 spiro atoms. The summed E-state index contributed by atoms with van der Waals surface area (Å²) in [7, 11) is 0. The van der Waals surface area contributed by atoms with Crippen LogP contribution in [0.2, 0.25) is 0 Å². The first-order valence-electron chi connectivity index (χ1n) is 7.44. The first-order valence-corrected chi connectivity index (χ1v) is 7.44. The maximum atomic E-state index is 11.4. The van der Waals surface area contributed by atoms with Crippen LogP contribution < -0.4 is 10.6 Å². The summed E-state index contributed by atoms with van der Waals surface area (Å²) in [4.78, 5) is 51.3. The number of rotatable bonds is 10. The minimum Gasteiger partial charge on any atom is -0.480 e. The van der Waals surface area contributed by atoms with Gasteiger partial charge in [-0.3, -0.25) is 29.2 Å². The summed E-state index contributed by atoms with van der Waals surface area (Å²) in [6.07, 6.45) is 2.87. The van der Waals surface area contributed by atoms with Crippen molar-refractivity contribution in [3.8, 4) is 0 Å². The molecule has 10 nitrogen and oxygen atoms in total. The van der Waals surface area contributed by atoms with E-state index in [0.29, 0.717) is 11.1 Å². The van der Waals surface area contributed by atoms with E-state index in [-0.39, 0.29) is 13.1 Å². The molecule has 0 bridgehead atoms. The number of hydrogen-bond donors (Lipinski definition) is 4. The Balaban J connectivity index is 2.58. The maximum Gasteiger partial charge on any atom is 0.322 e. The van der Waals surface area contributed by atoms with Gasteiger partial charge in [0, 0.05) is 23.6 Å². The molecule has 10 heteroatoms. The average molecular weight is 362 g/mol. The Morgan fingerprint density at radius 1 is 0.808 bits per heavy atom. The van der Waals surface area contributed by atoms with Crippen LogP contribution >= 0.6 is 0 Å². The van der Waals surface area contributed by atoms with Crippen molar-refractivity contribution in [2.45, 2.75) is 0 Å². The SMILES string of the molecule is O=C(O)CNC(=O)CN=Cc1ccccc1C=NCC(=O)NCC(=O)O. The number of nitrogens with zero attached hydrogens (tertiary/aromatic N) is 2. The lowest BCUT2D eigenvalue weighted by Gasteiger charge is -2.01. The highest BCUT2D eigenvalue weighted by Gasteiger charge is 2.03. The number of aliphatic imine (C=N–C) groups is 2. The average Bonchev–Trinajstić information content (AvgIpc) is 2.59. The largest absolute Gasteiger partial charge is 0.480 e. The molecule has 0 aliphatic rings. The molecular formula is C16H18N4O6. The van der Waals surface area contributed by atoms with E-state index in [1.54, 1.807) is 24.3 Å². The Morgan fingerprint density at radius 3 is 1.54 bits per heavy atom. The molecule has 0 atom stereocenters. The zero-order valence-corrected chi connectivity index (χ0v) is 13.7. The van der Waals surface area contributed by atoms with Crippen LogP contribution in [-0.2, 0) is 19.2 Å². The number of hydrogen-bond acceptors (Lipinski definition) is 6. The summed E-state index contributed by atoms with van der Waals surface area (Å²) in [5, 5.41) is 21.3. The van der Waals surface area contributed by atoms with Gasteiger partial charge in [-0.1, -0.05) is 24.3 Å². The minimum absolute atomic E-state index is 0.226. The van der Waals surface area contributed by atoms with Crippen LogP contribution in [-0.4, -0.2) is 72.6 Å². The Morgan fingerprint density at radius 2 is 1.19 bits per heavy atom. The predicted molar refractivity (Wildman–Crippen MR) is 92.7 cm³/mol. The lowest BCUT2D eigenvalue weighted by molar-refractivity contribution is -0.138. The van der Waals surface area contributed by atoms with E-state index in [1.807, 2.05) is 0 Å². The lowest BCUT2D eigenvalue weighted by atomic mass is 10.1. The summed E-state index contributed by atoms with van der Waals surface area (Å²) in [6.45, 7) is -1.39. The number of carbonyl (C=O) groups is 4. The highest BCUT2D eigenvalue weighted by molar-refractivity contribution is 5.95. The van der Waals surface area contributed by atoms with Gasteiger partial charge in [0.25, 0.3) is 0 Å². The highest BCUT2D eigenvalue weighted by atomic mass is 16.4. The molecule has 138 valence electrons. The van der Waals surface area contributed by atoms with Crippen molar-refractivity contribution in [1.29, 1.82) is 0 Å². The van der Waals surface area contributed by atoms with Gasteiger partial charge in [0.2, 0.25) is 11.8 Å². The van der Waals surface area contributed by atoms with Gasteiger partial charge in [0.15, 0.2) is 0 Å². The Bertz CT molecular complexity index is 668. The molecule has 0 saturated carbocycles. The molecule has 0 aromatic heterocycles. The fraction of sp³-hybridized carbons (Fsp3) is 0.250. The van der Waals surface area contributed by atoms with Crippen LogP contribution in [0.3, 0.4) is 0 Å². The summed E-state index contributed by atoms with van der Waals surface area (Å²) in [5.74, 6) is -3.33. The maximum absolute atomic E-state index is 11.4. The molecule has 0 heterocycles. The second kappa shape index (κ2) is 11.1. The van der Waals surface area contributed by atoms with E-state index in [2.05, 4.69) is 20.6 Å². The molecule has 0 saturated heterocycles. The summed E-state index contributed by atoms with van der Waals surface area (Å²) in [5.41, 5.74) is 1.29. The van der Waals surface area contributed by atoms with Gasteiger partial charge < -0.3 is 20.8 Å². The van der Waals surface area contributed by atoms with E-state index in [9.17, 15) is 19.2 Å². The zero-order chi connectivity index (χ0) is 19.4. The van der Waals surface area contributed by atoms with Gasteiger partial charge in [-0.15, -0.1) is 0 Å². The zero-order valence-electron chi connectivity index (χ0n) is 13.7. The van der Waals surface area contributed by atoms with Crippen molar-refractivity contribution in [2.75, 3.05) is 26.2 Å². The standard InChI is InChI=1S/C16H18N4O6/c21-13(19-9-15(23)24)7-17-5-11-3-1-2-4-12(11)6-18-8-14(22)20-10-16(25)26/h1-6H,7-10H2,(H,19,21)(H,20,22)(H,23,24)(H,25,26). The monoisotopic (exact) mass is 362 g/mol. The van der Waals surface area contributed by atoms with Crippen LogP contribution in [0.1, 0.15) is 11.1 Å². The second-order valence-corrected chi connectivity index (χ2v) is 4.91. The molecule has 2 amide bonds. The Hall–Kier alpha value is -3.56. The van der Waals surface area contributed by atoms with Crippen molar-refractivity contribution in [3.05, 3.63) is 35.4 Å². The molecule has 0 aliphatic carbocycles. The van der Waals surface area contributed by atoms with E-state index in [4.69, 9.17) is 10.2 Å². The van der Waals surface area contributed by atoms with Gasteiger partial charge in [0.1, 0.15) is 26.2 Å². The van der Waals surface area contributed by atoms with Crippen molar-refractivity contribution < 1.29 is 29.4 Å².